The third kappa shape index (κ3) is 3.39. The summed E-state index contributed by atoms with van der Waals surface area (Å²) < 4.78 is 29.7. The number of rotatable bonds is 4. The van der Waals surface area contributed by atoms with Crippen LogP contribution in [0, 0.1) is 0 Å². The van der Waals surface area contributed by atoms with Gasteiger partial charge in [0.05, 0.1) is 4.90 Å². The molecule has 0 heterocycles. The molecule has 0 fully saturated rings. The smallest absolute Gasteiger partial charge is 0.175 e. The van der Waals surface area contributed by atoms with E-state index in [2.05, 4.69) is 15.9 Å². The number of nitrogens with two attached hydrogens (primary N) is 1. The summed E-state index contributed by atoms with van der Waals surface area (Å²) in [5.74, 6) is 1.06. The van der Waals surface area contributed by atoms with Crippen LogP contribution in [0.1, 0.15) is 5.56 Å². The second kappa shape index (κ2) is 5.95. The maximum atomic E-state index is 11.5. The average Bonchev–Trinajstić information content (AvgIpc) is 2.38. The molecule has 0 amide bonds. The topological polar surface area (TPSA) is 69.4 Å². The molecule has 106 valence electrons. The van der Waals surface area contributed by atoms with E-state index in [1.807, 2.05) is 12.1 Å². The van der Waals surface area contributed by atoms with E-state index in [-0.39, 0.29) is 4.90 Å². The normalized spacial score (nSPS) is 11.3. The first-order chi connectivity index (χ1) is 9.41. The lowest BCUT2D eigenvalue weighted by atomic mass is 10.2. The van der Waals surface area contributed by atoms with Crippen molar-refractivity contribution < 1.29 is 13.2 Å². The molecule has 0 aromatic heterocycles. The second-order valence-electron chi connectivity index (χ2n) is 4.27. The highest BCUT2D eigenvalue weighted by Crippen LogP contribution is 2.31. The van der Waals surface area contributed by atoms with Gasteiger partial charge in [0, 0.05) is 22.8 Å². The van der Waals surface area contributed by atoms with Crippen LogP contribution in [0.25, 0.3) is 0 Å². The molecular weight excluding hydrogens is 342 g/mol. The fraction of sp³-hybridized carbons (Fsp3) is 0.143. The van der Waals surface area contributed by atoms with Crippen LogP contribution in [0.3, 0.4) is 0 Å². The Morgan fingerprint density at radius 3 is 2.55 bits per heavy atom. The Kier molecular flexibility index (Phi) is 4.47. The highest BCUT2D eigenvalue weighted by Gasteiger charge is 2.10. The first kappa shape index (κ1) is 15.0. The molecule has 0 saturated carbocycles. The monoisotopic (exact) mass is 355 g/mol. The quantitative estimate of drug-likeness (QED) is 0.914. The van der Waals surface area contributed by atoms with Crippen molar-refractivity contribution in [2.24, 2.45) is 5.73 Å². The fourth-order valence-electron chi connectivity index (χ4n) is 1.73. The zero-order chi connectivity index (χ0) is 14.8. The Hall–Kier alpha value is -1.37. The van der Waals surface area contributed by atoms with Crippen molar-refractivity contribution in [3.63, 3.8) is 0 Å². The van der Waals surface area contributed by atoms with E-state index < -0.39 is 9.84 Å². The van der Waals surface area contributed by atoms with E-state index in [4.69, 9.17) is 10.5 Å². The van der Waals surface area contributed by atoms with Crippen molar-refractivity contribution in [1.29, 1.82) is 0 Å². The van der Waals surface area contributed by atoms with Gasteiger partial charge in [-0.3, -0.25) is 0 Å². The molecule has 2 N–H and O–H groups in total. The third-order valence-electron chi connectivity index (χ3n) is 2.74. The molecule has 0 aliphatic heterocycles. The summed E-state index contributed by atoms with van der Waals surface area (Å²) in [4.78, 5) is 0.222. The zero-order valence-corrected chi connectivity index (χ0v) is 13.2. The Bertz CT molecular complexity index is 729. The number of sulfone groups is 1. The van der Waals surface area contributed by atoms with Gasteiger partial charge >= 0.3 is 0 Å². The van der Waals surface area contributed by atoms with Crippen LogP contribution >= 0.6 is 15.9 Å². The molecule has 2 aromatic carbocycles. The number of benzene rings is 2. The van der Waals surface area contributed by atoms with Gasteiger partial charge in [0.15, 0.2) is 9.84 Å². The summed E-state index contributed by atoms with van der Waals surface area (Å²) in [6.45, 7) is 0.322. The van der Waals surface area contributed by atoms with Crippen LogP contribution < -0.4 is 10.5 Å². The van der Waals surface area contributed by atoms with E-state index in [1.54, 1.807) is 18.2 Å². The van der Waals surface area contributed by atoms with Crippen LogP contribution in [0.5, 0.6) is 11.5 Å². The Balaban J connectivity index is 2.38. The van der Waals surface area contributed by atoms with Gasteiger partial charge in [-0.05, 0) is 30.3 Å². The minimum atomic E-state index is -3.26. The Morgan fingerprint density at radius 2 is 1.90 bits per heavy atom. The summed E-state index contributed by atoms with van der Waals surface area (Å²) in [6.07, 6.45) is 1.16. The van der Waals surface area contributed by atoms with Gasteiger partial charge in [-0.1, -0.05) is 28.1 Å². The van der Waals surface area contributed by atoms with Crippen molar-refractivity contribution in [2.75, 3.05) is 6.26 Å². The molecule has 0 saturated heterocycles. The Morgan fingerprint density at radius 1 is 1.20 bits per heavy atom. The van der Waals surface area contributed by atoms with Gasteiger partial charge in [-0.25, -0.2) is 8.42 Å². The summed E-state index contributed by atoms with van der Waals surface area (Å²) in [5.41, 5.74) is 6.53. The molecule has 0 bridgehead atoms. The van der Waals surface area contributed by atoms with E-state index in [9.17, 15) is 8.42 Å². The molecule has 6 heteroatoms. The molecule has 4 nitrogen and oxygen atoms in total. The van der Waals surface area contributed by atoms with Crippen LogP contribution in [0.4, 0.5) is 0 Å². The van der Waals surface area contributed by atoms with Gasteiger partial charge in [0.1, 0.15) is 11.5 Å². The molecule has 2 rings (SSSR count). The van der Waals surface area contributed by atoms with Gasteiger partial charge in [0.25, 0.3) is 0 Å². The second-order valence-corrected chi connectivity index (χ2v) is 7.14. The molecule has 0 aliphatic carbocycles. The van der Waals surface area contributed by atoms with Crippen molar-refractivity contribution in [3.8, 4) is 11.5 Å². The maximum Gasteiger partial charge on any atom is 0.175 e. The van der Waals surface area contributed by atoms with E-state index in [0.29, 0.717) is 18.0 Å². The van der Waals surface area contributed by atoms with Crippen LogP contribution in [-0.4, -0.2) is 14.7 Å². The average molecular weight is 356 g/mol. The minimum absolute atomic E-state index is 0.222. The SMILES string of the molecule is CS(=O)(=O)c1cccc(Oc2cccc(Br)c2CN)c1. The van der Waals surface area contributed by atoms with Gasteiger partial charge in [-0.2, -0.15) is 0 Å². The molecule has 0 unspecified atom stereocenters. The van der Waals surface area contributed by atoms with Crippen LogP contribution in [0.15, 0.2) is 51.8 Å². The number of hydrogen-bond donors (Lipinski definition) is 1. The molecular formula is C14H14BrNO3S. The van der Waals surface area contributed by atoms with Gasteiger partial charge < -0.3 is 10.5 Å². The van der Waals surface area contributed by atoms with Crippen LogP contribution in [-0.2, 0) is 16.4 Å². The van der Waals surface area contributed by atoms with Crippen LogP contribution in [0.2, 0.25) is 0 Å². The predicted octanol–water partition coefficient (Wildman–Crippen LogP) is 3.10. The molecule has 0 aliphatic rings. The number of ether oxygens (including phenoxy) is 1. The highest BCUT2D eigenvalue weighted by molar-refractivity contribution is 9.10. The van der Waals surface area contributed by atoms with Gasteiger partial charge in [0.2, 0.25) is 0 Å². The summed E-state index contributed by atoms with van der Waals surface area (Å²) in [7, 11) is -3.26. The molecule has 2 aromatic rings. The van der Waals surface area contributed by atoms with Crippen molar-refractivity contribution >= 4 is 25.8 Å². The molecule has 20 heavy (non-hydrogen) atoms. The van der Waals surface area contributed by atoms with E-state index >= 15 is 0 Å². The predicted molar refractivity (Wildman–Crippen MR) is 81.7 cm³/mol. The fourth-order valence-corrected chi connectivity index (χ4v) is 2.89. The first-order valence-electron chi connectivity index (χ1n) is 5.87. The van der Waals surface area contributed by atoms with Crippen molar-refractivity contribution in [3.05, 3.63) is 52.5 Å². The molecule has 0 spiro atoms. The maximum absolute atomic E-state index is 11.5. The standard InChI is InChI=1S/C14H14BrNO3S/c1-20(17,18)11-5-2-4-10(8-11)19-14-7-3-6-13(15)12(14)9-16/h2-8H,9,16H2,1H3. The highest BCUT2D eigenvalue weighted by atomic mass is 79.9. The summed E-state index contributed by atoms with van der Waals surface area (Å²) >= 11 is 3.41. The third-order valence-corrected chi connectivity index (χ3v) is 4.59. The van der Waals surface area contributed by atoms with Crippen molar-refractivity contribution in [1.82, 2.24) is 0 Å². The number of halogens is 1. The van der Waals surface area contributed by atoms with E-state index in [1.165, 1.54) is 12.1 Å². The van der Waals surface area contributed by atoms with Gasteiger partial charge in [-0.15, -0.1) is 0 Å². The van der Waals surface area contributed by atoms with E-state index in [0.717, 1.165) is 16.3 Å². The zero-order valence-electron chi connectivity index (χ0n) is 10.8. The Labute approximate surface area is 126 Å². The molecule has 0 atom stereocenters. The lowest BCUT2D eigenvalue weighted by Gasteiger charge is -2.12. The first-order valence-corrected chi connectivity index (χ1v) is 8.55. The van der Waals surface area contributed by atoms with Crippen molar-refractivity contribution in [2.45, 2.75) is 11.4 Å². The lowest BCUT2D eigenvalue weighted by molar-refractivity contribution is 0.474. The summed E-state index contributed by atoms with van der Waals surface area (Å²) in [5, 5.41) is 0. The molecule has 0 radical (unpaired) electrons. The summed E-state index contributed by atoms with van der Waals surface area (Å²) in [6, 6.07) is 11.9. The number of hydrogen-bond acceptors (Lipinski definition) is 4. The minimum Gasteiger partial charge on any atom is -0.457 e. The largest absolute Gasteiger partial charge is 0.457 e. The lowest BCUT2D eigenvalue weighted by Crippen LogP contribution is -2.01.